The molecule has 2 aromatic carbocycles. The predicted octanol–water partition coefficient (Wildman–Crippen LogP) is 4.55. The first-order chi connectivity index (χ1) is 13.1. The van der Waals surface area contributed by atoms with Crippen LogP contribution in [0.5, 0.6) is 0 Å². The molecular weight excluding hydrogens is 330 g/mol. The number of aromatic nitrogens is 3. The molecule has 132 valence electrons. The van der Waals surface area contributed by atoms with Crippen molar-refractivity contribution in [3.05, 3.63) is 89.6 Å². The second-order valence-corrected chi connectivity index (χ2v) is 7.42. The molecule has 3 heterocycles. The lowest BCUT2D eigenvalue weighted by molar-refractivity contribution is -0.660. The van der Waals surface area contributed by atoms with Crippen molar-refractivity contribution in [1.29, 1.82) is 0 Å². The van der Waals surface area contributed by atoms with Gasteiger partial charge in [0.1, 0.15) is 12.9 Å². The summed E-state index contributed by atoms with van der Waals surface area (Å²) in [5, 5.41) is 0. The second-order valence-electron chi connectivity index (χ2n) is 7.42. The third kappa shape index (κ3) is 2.58. The fourth-order valence-electron chi connectivity index (χ4n) is 4.10. The van der Waals surface area contributed by atoms with Crippen LogP contribution in [0.15, 0.2) is 67.0 Å². The van der Waals surface area contributed by atoms with Gasteiger partial charge in [-0.05, 0) is 42.2 Å². The number of fused-ring (bicyclic) bond motifs is 3. The van der Waals surface area contributed by atoms with Crippen LogP contribution in [-0.4, -0.2) is 9.55 Å². The van der Waals surface area contributed by atoms with Crippen molar-refractivity contribution >= 4 is 0 Å². The molecule has 4 aromatic rings. The normalized spacial score (nSPS) is 12.1. The molecule has 0 unspecified atom stereocenters. The van der Waals surface area contributed by atoms with Gasteiger partial charge in [0, 0.05) is 24.8 Å². The summed E-state index contributed by atoms with van der Waals surface area (Å²) in [4.78, 5) is 4.67. The van der Waals surface area contributed by atoms with Crippen molar-refractivity contribution in [2.75, 3.05) is 0 Å². The zero-order valence-electron chi connectivity index (χ0n) is 15.9. The molecule has 27 heavy (non-hydrogen) atoms. The van der Waals surface area contributed by atoms with E-state index in [9.17, 15) is 0 Å². The van der Waals surface area contributed by atoms with E-state index in [1.165, 1.54) is 39.2 Å². The van der Waals surface area contributed by atoms with Gasteiger partial charge in [0.25, 0.3) is 0 Å². The van der Waals surface area contributed by atoms with Gasteiger partial charge in [-0.1, -0.05) is 36.4 Å². The van der Waals surface area contributed by atoms with E-state index in [1.807, 2.05) is 0 Å². The van der Waals surface area contributed by atoms with Crippen LogP contribution < -0.4 is 4.57 Å². The van der Waals surface area contributed by atoms with Gasteiger partial charge in [-0.25, -0.2) is 9.55 Å². The van der Waals surface area contributed by atoms with Crippen molar-refractivity contribution in [3.8, 4) is 28.1 Å². The molecule has 0 aliphatic carbocycles. The van der Waals surface area contributed by atoms with Crippen molar-refractivity contribution < 1.29 is 4.57 Å². The van der Waals surface area contributed by atoms with E-state index < -0.39 is 0 Å². The average molecular weight is 352 g/mol. The molecule has 0 radical (unpaired) electrons. The zero-order chi connectivity index (χ0) is 18.5. The van der Waals surface area contributed by atoms with E-state index in [2.05, 4.69) is 102 Å². The summed E-state index contributed by atoms with van der Waals surface area (Å²) in [5.74, 6) is 1.14. The first-order valence-corrected chi connectivity index (χ1v) is 9.34. The second kappa shape index (κ2) is 5.92. The molecule has 0 amide bonds. The minimum Gasteiger partial charge on any atom is -0.303 e. The lowest BCUT2D eigenvalue weighted by Crippen LogP contribution is -2.30. The number of pyridine rings is 1. The highest BCUT2D eigenvalue weighted by atomic mass is 15.1. The van der Waals surface area contributed by atoms with Gasteiger partial charge >= 0.3 is 0 Å². The molecule has 0 saturated carbocycles. The summed E-state index contributed by atoms with van der Waals surface area (Å²) in [6.07, 6.45) is 5.21. The van der Waals surface area contributed by atoms with E-state index in [0.29, 0.717) is 0 Å². The van der Waals surface area contributed by atoms with Crippen LogP contribution in [0, 0.1) is 13.8 Å². The number of hydrogen-bond donors (Lipinski definition) is 0. The summed E-state index contributed by atoms with van der Waals surface area (Å²) in [6.45, 7) is 4.26. The van der Waals surface area contributed by atoms with Crippen LogP contribution in [0.2, 0.25) is 0 Å². The first-order valence-electron chi connectivity index (χ1n) is 9.34. The topological polar surface area (TPSA) is 21.7 Å². The zero-order valence-corrected chi connectivity index (χ0v) is 15.9. The molecule has 2 aromatic heterocycles. The monoisotopic (exact) mass is 352 g/mol. The number of aryl methyl sites for hydroxylation is 3. The lowest BCUT2D eigenvalue weighted by atomic mass is 9.97. The smallest absolute Gasteiger partial charge is 0.213 e. The van der Waals surface area contributed by atoms with Crippen molar-refractivity contribution in [1.82, 2.24) is 9.55 Å². The van der Waals surface area contributed by atoms with Gasteiger partial charge in [-0.3, -0.25) is 0 Å². The Morgan fingerprint density at radius 3 is 2.59 bits per heavy atom. The largest absolute Gasteiger partial charge is 0.303 e. The standard InChI is InChI=1S/C24H22N3/c1-16-11-20-13-24-25-17(2)15-27(24)22(20)14-21(16)23-12-19(9-10-26(23)3)18-7-5-4-6-8-18/h4-12,14-15H,13H2,1-3H3/q+1. The van der Waals surface area contributed by atoms with Gasteiger partial charge in [-0.15, -0.1) is 0 Å². The van der Waals surface area contributed by atoms with Crippen molar-refractivity contribution in [2.45, 2.75) is 20.3 Å². The Kier molecular flexibility index (Phi) is 3.51. The van der Waals surface area contributed by atoms with E-state index >= 15 is 0 Å². The highest BCUT2D eigenvalue weighted by Crippen LogP contribution is 2.34. The van der Waals surface area contributed by atoms with Crippen molar-refractivity contribution in [3.63, 3.8) is 0 Å². The number of imidazole rings is 1. The molecule has 5 rings (SSSR count). The summed E-state index contributed by atoms with van der Waals surface area (Å²) in [7, 11) is 2.11. The van der Waals surface area contributed by atoms with Crippen molar-refractivity contribution in [2.24, 2.45) is 7.05 Å². The SMILES string of the molecule is Cc1cn2c(n1)Cc1cc(C)c(-c3cc(-c4ccccc4)cc[n+]3C)cc1-2. The van der Waals surface area contributed by atoms with Gasteiger partial charge in [-0.2, -0.15) is 0 Å². The quantitative estimate of drug-likeness (QED) is 0.427. The Bertz CT molecular complexity index is 1170. The van der Waals surface area contributed by atoms with Gasteiger partial charge < -0.3 is 4.57 Å². The number of nitrogens with zero attached hydrogens (tertiary/aromatic N) is 3. The van der Waals surface area contributed by atoms with Crippen LogP contribution in [0.1, 0.15) is 22.6 Å². The third-order valence-electron chi connectivity index (χ3n) is 5.47. The molecular formula is C24H22N3+. The van der Waals surface area contributed by atoms with Crippen LogP contribution in [0.3, 0.4) is 0 Å². The van der Waals surface area contributed by atoms with E-state index in [4.69, 9.17) is 0 Å². The van der Waals surface area contributed by atoms with E-state index in [-0.39, 0.29) is 0 Å². The highest BCUT2D eigenvalue weighted by molar-refractivity contribution is 5.73. The Hall–Kier alpha value is -3.20. The molecule has 0 N–H and O–H groups in total. The molecule has 0 atom stereocenters. The maximum absolute atomic E-state index is 4.67. The van der Waals surface area contributed by atoms with Crippen LogP contribution >= 0.6 is 0 Å². The molecule has 0 spiro atoms. The fraction of sp³-hybridized carbons (Fsp3) is 0.167. The maximum atomic E-state index is 4.67. The summed E-state index contributed by atoms with van der Waals surface area (Å²) in [5.41, 5.74) is 9.98. The van der Waals surface area contributed by atoms with Gasteiger partial charge in [0.2, 0.25) is 5.69 Å². The van der Waals surface area contributed by atoms with Crippen LogP contribution in [-0.2, 0) is 13.5 Å². The number of benzene rings is 2. The third-order valence-corrected chi connectivity index (χ3v) is 5.47. The summed E-state index contributed by atoms with van der Waals surface area (Å²) < 4.78 is 4.45. The summed E-state index contributed by atoms with van der Waals surface area (Å²) >= 11 is 0. The highest BCUT2D eigenvalue weighted by Gasteiger charge is 2.23. The fourth-order valence-corrected chi connectivity index (χ4v) is 4.10. The Morgan fingerprint density at radius 2 is 1.78 bits per heavy atom. The summed E-state index contributed by atoms with van der Waals surface area (Å²) in [6, 6.07) is 19.7. The molecule has 1 aliphatic rings. The molecule has 0 saturated heterocycles. The lowest BCUT2D eigenvalue weighted by Gasteiger charge is -2.10. The van der Waals surface area contributed by atoms with Crippen LogP contribution in [0.25, 0.3) is 28.1 Å². The maximum Gasteiger partial charge on any atom is 0.213 e. The Labute approximate surface area is 159 Å². The molecule has 0 bridgehead atoms. The van der Waals surface area contributed by atoms with Gasteiger partial charge in [0.15, 0.2) is 6.20 Å². The molecule has 0 fully saturated rings. The number of hydrogen-bond acceptors (Lipinski definition) is 1. The molecule has 3 nitrogen and oxygen atoms in total. The average Bonchev–Trinajstić information content (AvgIpc) is 3.18. The van der Waals surface area contributed by atoms with E-state index in [1.54, 1.807) is 0 Å². The number of rotatable bonds is 2. The molecule has 1 aliphatic heterocycles. The van der Waals surface area contributed by atoms with Crippen LogP contribution in [0.4, 0.5) is 0 Å². The first kappa shape index (κ1) is 16.0. The Morgan fingerprint density at radius 1 is 0.963 bits per heavy atom. The minimum absolute atomic E-state index is 0.917. The van der Waals surface area contributed by atoms with Gasteiger partial charge in [0.05, 0.1) is 16.9 Å². The minimum atomic E-state index is 0.917. The Balaban J connectivity index is 1.68. The predicted molar refractivity (Wildman–Crippen MR) is 108 cm³/mol. The van der Waals surface area contributed by atoms with E-state index in [0.717, 1.165) is 17.9 Å². The molecule has 3 heteroatoms.